The molecule has 0 radical (unpaired) electrons. The zero-order valence-corrected chi connectivity index (χ0v) is 11.8. The summed E-state index contributed by atoms with van der Waals surface area (Å²) in [7, 11) is 0. The van der Waals surface area contributed by atoms with Crippen LogP contribution in [0.2, 0.25) is 0 Å². The number of carboxylic acids is 1. The second-order valence-corrected chi connectivity index (χ2v) is 6.18. The molecule has 0 aromatic heterocycles. The van der Waals surface area contributed by atoms with Gasteiger partial charge in [-0.15, -0.1) is 0 Å². The van der Waals surface area contributed by atoms with Gasteiger partial charge >= 0.3 is 12.0 Å². The van der Waals surface area contributed by atoms with E-state index >= 15 is 0 Å². The van der Waals surface area contributed by atoms with Crippen molar-refractivity contribution in [2.45, 2.75) is 31.7 Å². The number of urea groups is 1. The van der Waals surface area contributed by atoms with E-state index in [1.807, 2.05) is 4.90 Å². The van der Waals surface area contributed by atoms with Crippen LogP contribution >= 0.6 is 0 Å². The van der Waals surface area contributed by atoms with Gasteiger partial charge in [-0.1, -0.05) is 0 Å². The minimum absolute atomic E-state index is 0.0440. The fourth-order valence-corrected chi connectivity index (χ4v) is 3.72. The molecule has 0 aromatic rings. The number of aliphatic carboxylic acids is 1. The molecule has 0 bridgehead atoms. The Balaban J connectivity index is 1.59. The predicted octanol–water partition coefficient (Wildman–Crippen LogP) is 0.683. The van der Waals surface area contributed by atoms with E-state index in [4.69, 9.17) is 5.11 Å². The summed E-state index contributed by atoms with van der Waals surface area (Å²) in [6.07, 6.45) is 3.90. The van der Waals surface area contributed by atoms with Crippen LogP contribution in [0.1, 0.15) is 25.7 Å². The lowest BCUT2D eigenvalue weighted by Crippen LogP contribution is -2.56. The standard InChI is InChI=1S/C14H23N3O3/c18-13(19)11-3-1-6-16(9-11)14(20)17-8-7-15-5-2-4-12(15)10-17/h11-12H,1-10H2,(H,18,19). The molecule has 3 fully saturated rings. The van der Waals surface area contributed by atoms with E-state index < -0.39 is 5.97 Å². The summed E-state index contributed by atoms with van der Waals surface area (Å²) in [5.41, 5.74) is 0. The molecule has 3 saturated heterocycles. The van der Waals surface area contributed by atoms with Gasteiger partial charge < -0.3 is 14.9 Å². The predicted molar refractivity (Wildman–Crippen MR) is 73.5 cm³/mol. The van der Waals surface area contributed by atoms with Gasteiger partial charge in [-0.05, 0) is 32.2 Å². The van der Waals surface area contributed by atoms with Crippen molar-refractivity contribution in [1.29, 1.82) is 0 Å². The number of carboxylic acid groups (broad SMARTS) is 1. The molecule has 3 aliphatic rings. The molecule has 3 heterocycles. The molecule has 20 heavy (non-hydrogen) atoms. The number of likely N-dealkylation sites (tertiary alicyclic amines) is 1. The molecule has 0 aromatic carbocycles. The van der Waals surface area contributed by atoms with E-state index in [9.17, 15) is 9.59 Å². The number of piperidine rings is 1. The van der Waals surface area contributed by atoms with Gasteiger partial charge in [0.15, 0.2) is 0 Å². The molecule has 0 saturated carbocycles. The number of hydrogen-bond donors (Lipinski definition) is 1. The molecule has 6 heteroatoms. The summed E-state index contributed by atoms with van der Waals surface area (Å²) < 4.78 is 0. The molecule has 6 nitrogen and oxygen atoms in total. The topological polar surface area (TPSA) is 64.1 Å². The molecule has 0 spiro atoms. The number of piperazine rings is 1. The van der Waals surface area contributed by atoms with Gasteiger partial charge in [0.25, 0.3) is 0 Å². The van der Waals surface area contributed by atoms with Crippen LogP contribution in [0.5, 0.6) is 0 Å². The van der Waals surface area contributed by atoms with Crippen molar-refractivity contribution in [3.8, 4) is 0 Å². The van der Waals surface area contributed by atoms with E-state index in [2.05, 4.69) is 4.90 Å². The van der Waals surface area contributed by atoms with Gasteiger partial charge in [0.05, 0.1) is 5.92 Å². The maximum absolute atomic E-state index is 12.6. The fourth-order valence-electron chi connectivity index (χ4n) is 3.72. The lowest BCUT2D eigenvalue weighted by molar-refractivity contribution is -0.143. The first-order chi connectivity index (χ1) is 9.65. The number of rotatable bonds is 1. The molecule has 2 amide bonds. The van der Waals surface area contributed by atoms with E-state index in [0.29, 0.717) is 25.6 Å². The normalized spacial score (nSPS) is 31.2. The molecule has 3 rings (SSSR count). The Labute approximate surface area is 119 Å². The van der Waals surface area contributed by atoms with Gasteiger partial charge in [0, 0.05) is 38.8 Å². The van der Waals surface area contributed by atoms with Crippen molar-refractivity contribution in [3.05, 3.63) is 0 Å². The van der Waals surface area contributed by atoms with Crippen molar-refractivity contribution in [2.24, 2.45) is 5.92 Å². The highest BCUT2D eigenvalue weighted by Crippen LogP contribution is 2.23. The number of carbonyl (C=O) groups excluding carboxylic acids is 1. The van der Waals surface area contributed by atoms with Gasteiger partial charge in [0.2, 0.25) is 0 Å². The minimum atomic E-state index is -0.775. The Hall–Kier alpha value is -1.30. The van der Waals surface area contributed by atoms with E-state index in [1.54, 1.807) is 4.90 Å². The third-order valence-corrected chi connectivity index (χ3v) is 4.90. The van der Waals surface area contributed by atoms with Crippen LogP contribution in [0.3, 0.4) is 0 Å². The zero-order chi connectivity index (χ0) is 14.1. The molecule has 2 atom stereocenters. The molecule has 0 aliphatic carbocycles. The summed E-state index contributed by atoms with van der Waals surface area (Å²) in [5, 5.41) is 9.11. The maximum Gasteiger partial charge on any atom is 0.320 e. The lowest BCUT2D eigenvalue weighted by atomic mass is 9.98. The first kappa shape index (κ1) is 13.7. The van der Waals surface area contributed by atoms with Gasteiger partial charge in [0.1, 0.15) is 0 Å². The number of hydrogen-bond acceptors (Lipinski definition) is 3. The minimum Gasteiger partial charge on any atom is -0.481 e. The summed E-state index contributed by atoms with van der Waals surface area (Å²) in [6, 6.07) is 0.565. The summed E-state index contributed by atoms with van der Waals surface area (Å²) in [6.45, 7) is 4.80. The molecular formula is C14H23N3O3. The molecule has 1 N–H and O–H groups in total. The zero-order valence-electron chi connectivity index (χ0n) is 11.8. The van der Waals surface area contributed by atoms with Crippen LogP contribution in [0.15, 0.2) is 0 Å². The summed E-state index contributed by atoms with van der Waals surface area (Å²) in [4.78, 5) is 29.8. The SMILES string of the molecule is O=C(O)C1CCCN(C(=O)N2CCN3CCCC3C2)C1. The fraction of sp³-hybridized carbons (Fsp3) is 0.857. The Bertz CT molecular complexity index is 401. The second-order valence-electron chi connectivity index (χ2n) is 6.18. The average Bonchev–Trinajstić information content (AvgIpc) is 2.94. The lowest BCUT2D eigenvalue weighted by Gasteiger charge is -2.41. The Morgan fingerprint density at radius 2 is 1.65 bits per heavy atom. The van der Waals surface area contributed by atoms with Crippen molar-refractivity contribution >= 4 is 12.0 Å². The quantitative estimate of drug-likeness (QED) is 0.768. The Morgan fingerprint density at radius 3 is 2.45 bits per heavy atom. The smallest absolute Gasteiger partial charge is 0.320 e. The summed E-state index contributed by atoms with van der Waals surface area (Å²) >= 11 is 0. The number of nitrogens with zero attached hydrogens (tertiary/aromatic N) is 3. The number of fused-ring (bicyclic) bond motifs is 1. The third kappa shape index (κ3) is 2.61. The molecule has 112 valence electrons. The number of carbonyl (C=O) groups is 2. The first-order valence-electron chi connectivity index (χ1n) is 7.66. The van der Waals surface area contributed by atoms with Crippen LogP contribution in [0, 0.1) is 5.92 Å². The van der Waals surface area contributed by atoms with Crippen molar-refractivity contribution < 1.29 is 14.7 Å². The monoisotopic (exact) mass is 281 g/mol. The van der Waals surface area contributed by atoms with Crippen LogP contribution in [-0.2, 0) is 4.79 Å². The van der Waals surface area contributed by atoms with Crippen LogP contribution < -0.4 is 0 Å². The molecule has 3 aliphatic heterocycles. The first-order valence-corrected chi connectivity index (χ1v) is 7.66. The van der Waals surface area contributed by atoms with E-state index in [-0.39, 0.29) is 11.9 Å². The van der Waals surface area contributed by atoms with Gasteiger partial charge in [-0.2, -0.15) is 0 Å². The van der Waals surface area contributed by atoms with Crippen molar-refractivity contribution in [1.82, 2.24) is 14.7 Å². The van der Waals surface area contributed by atoms with Crippen LogP contribution in [0.4, 0.5) is 4.79 Å². The van der Waals surface area contributed by atoms with Gasteiger partial charge in [-0.3, -0.25) is 9.69 Å². The highest BCUT2D eigenvalue weighted by atomic mass is 16.4. The number of amides is 2. The van der Waals surface area contributed by atoms with Crippen molar-refractivity contribution in [2.75, 3.05) is 39.3 Å². The highest BCUT2D eigenvalue weighted by molar-refractivity contribution is 5.77. The average molecular weight is 281 g/mol. The highest BCUT2D eigenvalue weighted by Gasteiger charge is 2.36. The Kier molecular flexibility index (Phi) is 3.83. The summed E-state index contributed by atoms with van der Waals surface area (Å²) in [5.74, 6) is -1.16. The van der Waals surface area contributed by atoms with Crippen molar-refractivity contribution in [3.63, 3.8) is 0 Å². The van der Waals surface area contributed by atoms with E-state index in [0.717, 1.165) is 32.6 Å². The Morgan fingerprint density at radius 1 is 0.900 bits per heavy atom. The van der Waals surface area contributed by atoms with E-state index in [1.165, 1.54) is 12.8 Å². The van der Waals surface area contributed by atoms with Crippen LogP contribution in [0.25, 0.3) is 0 Å². The van der Waals surface area contributed by atoms with Gasteiger partial charge in [-0.25, -0.2) is 4.79 Å². The molecule has 2 unspecified atom stereocenters. The third-order valence-electron chi connectivity index (χ3n) is 4.90. The second kappa shape index (κ2) is 5.60. The maximum atomic E-state index is 12.6. The van der Waals surface area contributed by atoms with Crippen LogP contribution in [-0.4, -0.2) is 77.1 Å². The molecular weight excluding hydrogens is 258 g/mol. The largest absolute Gasteiger partial charge is 0.481 e.